The molecule has 0 amide bonds. The van der Waals surface area contributed by atoms with E-state index in [2.05, 4.69) is 74.9 Å². The maximum absolute atomic E-state index is 12.7. The topological polar surface area (TPSA) is 73.1 Å². The zero-order valence-corrected chi connectivity index (χ0v) is 25.6. The van der Waals surface area contributed by atoms with Gasteiger partial charge in [-0.2, -0.15) is 0 Å². The van der Waals surface area contributed by atoms with Gasteiger partial charge in [-0.15, -0.1) is 0 Å². The molecule has 2 aromatic carbocycles. The molecule has 0 unspecified atom stereocenters. The van der Waals surface area contributed by atoms with Crippen molar-refractivity contribution < 1.29 is 9.53 Å². The summed E-state index contributed by atoms with van der Waals surface area (Å²) in [5.41, 5.74) is 9.15. The van der Waals surface area contributed by atoms with Crippen LogP contribution in [0.25, 0.3) is 16.6 Å². The molecule has 7 nitrogen and oxygen atoms in total. The number of carbonyl (C=O) groups excluding carboxylic acids is 1. The van der Waals surface area contributed by atoms with Gasteiger partial charge < -0.3 is 9.30 Å². The second-order valence-electron chi connectivity index (χ2n) is 11.6. The summed E-state index contributed by atoms with van der Waals surface area (Å²) < 4.78 is 7.77. The highest BCUT2D eigenvalue weighted by atomic mass is 16.5. The lowest BCUT2D eigenvalue weighted by atomic mass is 10.00. The zero-order chi connectivity index (χ0) is 30.3. The lowest BCUT2D eigenvalue weighted by Crippen LogP contribution is -2.19. The zero-order valence-electron chi connectivity index (χ0n) is 25.6. The Bertz CT molecular complexity index is 1750. The fourth-order valence-electron chi connectivity index (χ4n) is 5.79. The van der Waals surface area contributed by atoms with Gasteiger partial charge in [0.2, 0.25) is 0 Å². The molecule has 0 radical (unpaired) electrons. The van der Waals surface area contributed by atoms with Crippen LogP contribution in [0.2, 0.25) is 0 Å². The van der Waals surface area contributed by atoms with Gasteiger partial charge in [0.05, 0.1) is 29.6 Å². The number of imidazole rings is 1. The van der Waals surface area contributed by atoms with Crippen molar-refractivity contribution >= 4 is 22.6 Å². The molecule has 1 aliphatic rings. The fraction of sp³-hybridized carbons (Fsp3) is 0.297. The molecule has 1 saturated heterocycles. The van der Waals surface area contributed by atoms with Gasteiger partial charge in [-0.25, -0.2) is 9.78 Å². The van der Waals surface area contributed by atoms with Crippen LogP contribution in [0.1, 0.15) is 63.5 Å². The third kappa shape index (κ3) is 7.12. The largest absolute Gasteiger partial charge is 0.462 e. The predicted molar refractivity (Wildman–Crippen MR) is 175 cm³/mol. The maximum Gasteiger partial charge on any atom is 0.338 e. The normalized spacial score (nSPS) is 13.9. The SMILES string of the molecule is Cc1ccc(/C(=C\CN2CCCC2)c2cccc(CCCOC(=O)c3ccc(Cn4c(C)nc5cnccc54)cc3)n2)cc1. The Morgan fingerprint density at radius 2 is 1.68 bits per heavy atom. The highest BCUT2D eigenvalue weighted by Gasteiger charge is 2.14. The van der Waals surface area contributed by atoms with E-state index in [1.807, 2.05) is 37.3 Å². The van der Waals surface area contributed by atoms with Crippen LogP contribution in [0, 0.1) is 13.8 Å². The number of nitrogens with zero attached hydrogens (tertiary/aromatic N) is 5. The molecule has 224 valence electrons. The minimum absolute atomic E-state index is 0.305. The van der Waals surface area contributed by atoms with Crippen LogP contribution >= 0.6 is 0 Å². The first kappa shape index (κ1) is 29.5. The van der Waals surface area contributed by atoms with E-state index in [1.54, 1.807) is 12.4 Å². The monoisotopic (exact) mass is 585 g/mol. The quantitative estimate of drug-likeness (QED) is 0.125. The lowest BCUT2D eigenvalue weighted by molar-refractivity contribution is 0.0500. The molecule has 44 heavy (non-hydrogen) atoms. The van der Waals surface area contributed by atoms with Crippen LogP contribution < -0.4 is 0 Å². The smallest absolute Gasteiger partial charge is 0.338 e. The average Bonchev–Trinajstić information content (AvgIpc) is 3.68. The number of aryl methyl sites for hydroxylation is 3. The Labute approximate surface area is 259 Å². The summed E-state index contributed by atoms with van der Waals surface area (Å²) in [7, 11) is 0. The van der Waals surface area contributed by atoms with Crippen molar-refractivity contribution in [1.82, 2.24) is 24.4 Å². The number of hydrogen-bond acceptors (Lipinski definition) is 6. The van der Waals surface area contributed by atoms with Crippen LogP contribution in [-0.4, -0.2) is 56.6 Å². The van der Waals surface area contributed by atoms with Crippen molar-refractivity contribution in [3.05, 3.63) is 131 Å². The number of esters is 1. The van der Waals surface area contributed by atoms with E-state index in [-0.39, 0.29) is 5.97 Å². The minimum atomic E-state index is -0.305. The molecular formula is C37H39N5O2. The Kier molecular flexibility index (Phi) is 9.22. The van der Waals surface area contributed by atoms with Crippen LogP contribution in [0.3, 0.4) is 0 Å². The molecule has 5 aromatic rings. The van der Waals surface area contributed by atoms with Gasteiger partial charge >= 0.3 is 5.97 Å². The van der Waals surface area contributed by atoms with Crippen LogP contribution in [0.15, 0.2) is 91.3 Å². The molecule has 4 heterocycles. The van der Waals surface area contributed by atoms with Gasteiger partial charge in [0, 0.05) is 30.6 Å². The molecule has 6 rings (SSSR count). The predicted octanol–water partition coefficient (Wildman–Crippen LogP) is 6.81. The number of pyridine rings is 2. The van der Waals surface area contributed by atoms with E-state index in [4.69, 9.17) is 9.72 Å². The Balaban J connectivity index is 1.04. The summed E-state index contributed by atoms with van der Waals surface area (Å²) in [6.45, 7) is 8.38. The summed E-state index contributed by atoms with van der Waals surface area (Å²) >= 11 is 0. The van der Waals surface area contributed by atoms with E-state index < -0.39 is 0 Å². The van der Waals surface area contributed by atoms with Crippen molar-refractivity contribution in [2.24, 2.45) is 0 Å². The number of likely N-dealkylation sites (tertiary alicyclic amines) is 1. The van der Waals surface area contributed by atoms with Crippen molar-refractivity contribution in [2.45, 2.75) is 46.1 Å². The Hall–Kier alpha value is -4.62. The molecule has 0 bridgehead atoms. The van der Waals surface area contributed by atoms with Crippen LogP contribution in [-0.2, 0) is 17.7 Å². The number of carbonyl (C=O) groups is 1. The van der Waals surface area contributed by atoms with Crippen molar-refractivity contribution in [3.63, 3.8) is 0 Å². The summed E-state index contributed by atoms with van der Waals surface area (Å²) in [6, 6.07) is 24.5. The molecule has 3 aromatic heterocycles. The first-order valence-electron chi connectivity index (χ1n) is 15.5. The maximum atomic E-state index is 12.7. The summed E-state index contributed by atoms with van der Waals surface area (Å²) in [4.78, 5) is 29.0. The first-order valence-corrected chi connectivity index (χ1v) is 15.5. The van der Waals surface area contributed by atoms with Gasteiger partial charge in [0.1, 0.15) is 11.3 Å². The number of ether oxygens (including phenoxy) is 1. The third-order valence-electron chi connectivity index (χ3n) is 8.28. The average molecular weight is 586 g/mol. The van der Waals surface area contributed by atoms with Gasteiger partial charge in [0.25, 0.3) is 0 Å². The molecular weight excluding hydrogens is 546 g/mol. The van der Waals surface area contributed by atoms with Crippen LogP contribution in [0.4, 0.5) is 0 Å². The second-order valence-corrected chi connectivity index (χ2v) is 11.6. The van der Waals surface area contributed by atoms with Crippen molar-refractivity contribution in [1.29, 1.82) is 0 Å². The molecule has 0 atom stereocenters. The molecule has 7 heteroatoms. The van der Waals surface area contributed by atoms with E-state index >= 15 is 0 Å². The summed E-state index contributed by atoms with van der Waals surface area (Å²) in [5, 5.41) is 0. The fourth-order valence-corrected chi connectivity index (χ4v) is 5.79. The first-order chi connectivity index (χ1) is 21.5. The highest BCUT2D eigenvalue weighted by molar-refractivity contribution is 5.89. The Morgan fingerprint density at radius 3 is 2.48 bits per heavy atom. The van der Waals surface area contributed by atoms with E-state index in [9.17, 15) is 4.79 Å². The van der Waals surface area contributed by atoms with E-state index in [0.29, 0.717) is 25.1 Å². The van der Waals surface area contributed by atoms with Gasteiger partial charge in [0.15, 0.2) is 0 Å². The number of aromatic nitrogens is 4. The molecule has 0 aliphatic carbocycles. The third-order valence-corrected chi connectivity index (χ3v) is 8.28. The number of hydrogen-bond donors (Lipinski definition) is 0. The molecule has 0 saturated carbocycles. The highest BCUT2D eigenvalue weighted by Crippen LogP contribution is 2.24. The molecule has 1 aliphatic heterocycles. The minimum Gasteiger partial charge on any atom is -0.462 e. The standard InChI is InChI=1S/C37H39N5O2/c1-27-10-14-30(15-11-27)33(19-23-41-21-3-4-22-41)34-9-5-7-32(40-34)8-6-24-44-37(43)31-16-12-29(13-17-31)26-42-28(2)39-35-25-38-20-18-36(35)42/h5,7,9-20,25H,3-4,6,8,21-24,26H2,1-2H3/b33-19+. The molecule has 0 N–H and O–H groups in total. The van der Waals surface area contributed by atoms with Crippen LogP contribution in [0.5, 0.6) is 0 Å². The molecule has 1 fully saturated rings. The Morgan fingerprint density at radius 1 is 0.909 bits per heavy atom. The van der Waals surface area contributed by atoms with Gasteiger partial charge in [-0.05, 0) is 94.1 Å². The van der Waals surface area contributed by atoms with E-state index in [1.165, 1.54) is 29.5 Å². The summed E-state index contributed by atoms with van der Waals surface area (Å²) in [6.07, 6.45) is 9.88. The van der Waals surface area contributed by atoms with Crippen molar-refractivity contribution in [3.8, 4) is 0 Å². The summed E-state index contributed by atoms with van der Waals surface area (Å²) in [5.74, 6) is 0.626. The van der Waals surface area contributed by atoms with Gasteiger partial charge in [-0.1, -0.05) is 54.1 Å². The van der Waals surface area contributed by atoms with Crippen molar-refractivity contribution in [2.75, 3.05) is 26.2 Å². The molecule has 0 spiro atoms. The number of fused-ring (bicyclic) bond motifs is 1. The lowest BCUT2D eigenvalue weighted by Gasteiger charge is -2.15. The second kappa shape index (κ2) is 13.8. The van der Waals surface area contributed by atoms with E-state index in [0.717, 1.165) is 59.9 Å². The number of rotatable bonds is 11. The van der Waals surface area contributed by atoms with Gasteiger partial charge in [-0.3, -0.25) is 14.9 Å². The number of benzene rings is 2.